The van der Waals surface area contributed by atoms with E-state index in [1.165, 1.54) is 4.90 Å². The molecule has 1 aromatic carbocycles. The molecule has 0 radical (unpaired) electrons. The molecule has 2 saturated heterocycles. The molecule has 150 valence electrons. The number of halogens is 6. The van der Waals surface area contributed by atoms with Gasteiger partial charge in [-0.15, -0.1) is 0 Å². The second-order valence-electron chi connectivity index (χ2n) is 6.43. The number of carbonyl (C=O) groups excluding carboxylic acids is 1. The lowest BCUT2D eigenvalue weighted by molar-refractivity contribution is -0.143. The van der Waals surface area contributed by atoms with Crippen molar-refractivity contribution in [1.29, 1.82) is 0 Å². The van der Waals surface area contributed by atoms with Crippen molar-refractivity contribution in [2.45, 2.75) is 18.4 Å². The summed E-state index contributed by atoms with van der Waals surface area (Å²) in [5.74, 6) is 0. The summed E-state index contributed by atoms with van der Waals surface area (Å²) < 4.78 is 82.4. The summed E-state index contributed by atoms with van der Waals surface area (Å²) >= 11 is 0. The van der Waals surface area contributed by atoms with Crippen LogP contribution in [-0.2, 0) is 17.1 Å². The number of ether oxygens (including phenoxy) is 1. The molecule has 0 atom stereocenters. The number of likely N-dealkylation sites (tertiary alicyclic amines) is 1. The van der Waals surface area contributed by atoms with Gasteiger partial charge in [0.2, 0.25) is 0 Å². The summed E-state index contributed by atoms with van der Waals surface area (Å²) in [5.41, 5.74) is -3.48. The largest absolute Gasteiger partial charge is 0.416 e. The van der Waals surface area contributed by atoms with Crippen LogP contribution in [0.25, 0.3) is 0 Å². The molecule has 0 saturated carbocycles. The van der Waals surface area contributed by atoms with Crippen molar-refractivity contribution >= 4 is 11.7 Å². The van der Waals surface area contributed by atoms with Crippen molar-refractivity contribution in [3.63, 3.8) is 0 Å². The fourth-order valence-corrected chi connectivity index (χ4v) is 3.02. The van der Waals surface area contributed by atoms with Crippen LogP contribution in [0.1, 0.15) is 11.1 Å². The van der Waals surface area contributed by atoms with Crippen LogP contribution in [0, 0.1) is 0 Å². The van der Waals surface area contributed by atoms with Gasteiger partial charge in [0, 0.05) is 37.9 Å². The van der Waals surface area contributed by atoms with Gasteiger partial charge in [-0.2, -0.15) is 26.3 Å². The molecule has 1 aromatic rings. The highest BCUT2D eigenvalue weighted by molar-refractivity contribution is 5.90. The van der Waals surface area contributed by atoms with Gasteiger partial charge in [0.05, 0.1) is 24.3 Å². The molecule has 2 amide bonds. The van der Waals surface area contributed by atoms with Crippen LogP contribution in [0.2, 0.25) is 0 Å². The Bertz CT molecular complexity index is 662. The minimum Gasteiger partial charge on any atom is -0.379 e. The lowest BCUT2D eigenvalue weighted by atomic mass is 10.1. The quantitative estimate of drug-likeness (QED) is 0.780. The van der Waals surface area contributed by atoms with Gasteiger partial charge in [0.15, 0.2) is 0 Å². The first-order chi connectivity index (χ1) is 12.5. The van der Waals surface area contributed by atoms with E-state index >= 15 is 0 Å². The number of urea groups is 1. The van der Waals surface area contributed by atoms with Crippen molar-refractivity contribution in [3.05, 3.63) is 29.3 Å². The van der Waals surface area contributed by atoms with E-state index in [0.717, 1.165) is 13.1 Å². The highest BCUT2D eigenvalue weighted by atomic mass is 19.4. The van der Waals surface area contributed by atoms with Crippen LogP contribution in [0.4, 0.5) is 36.8 Å². The van der Waals surface area contributed by atoms with Crippen molar-refractivity contribution in [1.82, 2.24) is 9.80 Å². The highest BCUT2D eigenvalue weighted by Crippen LogP contribution is 2.37. The Hall–Kier alpha value is -2.01. The van der Waals surface area contributed by atoms with Crippen LogP contribution in [0.5, 0.6) is 0 Å². The third-order valence-electron chi connectivity index (χ3n) is 4.55. The van der Waals surface area contributed by atoms with E-state index in [0.29, 0.717) is 38.4 Å². The predicted octanol–water partition coefficient (Wildman–Crippen LogP) is 3.27. The molecule has 0 spiro atoms. The SMILES string of the molecule is O=C(Nc1cc(C(F)(F)F)cc(C(F)(F)F)c1)N1CC(N2CCOCC2)C1. The molecule has 0 aromatic heterocycles. The first kappa shape index (κ1) is 19.7. The van der Waals surface area contributed by atoms with E-state index in [1.54, 1.807) is 0 Å². The Morgan fingerprint density at radius 2 is 1.48 bits per heavy atom. The van der Waals surface area contributed by atoms with E-state index in [2.05, 4.69) is 10.2 Å². The van der Waals surface area contributed by atoms with Gasteiger partial charge in [0.1, 0.15) is 0 Å². The summed E-state index contributed by atoms with van der Waals surface area (Å²) in [4.78, 5) is 15.6. The molecule has 5 nitrogen and oxygen atoms in total. The second-order valence-corrected chi connectivity index (χ2v) is 6.43. The van der Waals surface area contributed by atoms with Crippen molar-refractivity contribution in [2.24, 2.45) is 0 Å². The minimum atomic E-state index is -4.96. The predicted molar refractivity (Wildman–Crippen MR) is 83.2 cm³/mol. The lowest BCUT2D eigenvalue weighted by Crippen LogP contribution is -2.63. The van der Waals surface area contributed by atoms with Crippen molar-refractivity contribution in [2.75, 3.05) is 44.7 Å². The van der Waals surface area contributed by atoms with Gasteiger partial charge in [-0.25, -0.2) is 4.79 Å². The number of carbonyl (C=O) groups is 1. The summed E-state index contributed by atoms with van der Waals surface area (Å²) in [5, 5.41) is 2.14. The molecule has 0 aliphatic carbocycles. The zero-order valence-electron chi connectivity index (χ0n) is 14.0. The van der Waals surface area contributed by atoms with Gasteiger partial charge < -0.3 is 15.0 Å². The number of hydrogen-bond donors (Lipinski definition) is 1. The van der Waals surface area contributed by atoms with E-state index in [9.17, 15) is 31.1 Å². The highest BCUT2D eigenvalue weighted by Gasteiger charge is 2.38. The van der Waals surface area contributed by atoms with E-state index in [-0.39, 0.29) is 12.1 Å². The molecule has 0 bridgehead atoms. The monoisotopic (exact) mass is 397 g/mol. The summed E-state index contributed by atoms with van der Waals surface area (Å²) in [7, 11) is 0. The molecule has 0 unspecified atom stereocenters. The summed E-state index contributed by atoms with van der Waals surface area (Å²) in [6, 6.07) is 0.394. The molecule has 27 heavy (non-hydrogen) atoms. The second kappa shape index (κ2) is 7.19. The molecular formula is C16H17F6N3O2. The molecule has 11 heteroatoms. The first-order valence-corrected chi connectivity index (χ1v) is 8.21. The van der Waals surface area contributed by atoms with Crippen LogP contribution in [0.3, 0.4) is 0 Å². The Morgan fingerprint density at radius 1 is 0.963 bits per heavy atom. The number of benzene rings is 1. The first-order valence-electron chi connectivity index (χ1n) is 8.21. The number of rotatable bonds is 2. The maximum Gasteiger partial charge on any atom is 0.416 e. The zero-order chi connectivity index (χ0) is 19.8. The minimum absolute atomic E-state index is 0.0216. The average Bonchev–Trinajstić information content (AvgIpc) is 2.52. The third-order valence-corrected chi connectivity index (χ3v) is 4.55. The molecule has 2 aliphatic heterocycles. The summed E-state index contributed by atoms with van der Waals surface area (Å²) in [6.45, 7) is 3.35. The van der Waals surface area contributed by atoms with E-state index in [1.807, 2.05) is 0 Å². The average molecular weight is 397 g/mol. The maximum absolute atomic E-state index is 12.9. The molecule has 1 N–H and O–H groups in total. The van der Waals surface area contributed by atoms with Crippen LogP contribution in [0.15, 0.2) is 18.2 Å². The fourth-order valence-electron chi connectivity index (χ4n) is 3.02. The number of anilines is 1. The lowest BCUT2D eigenvalue weighted by Gasteiger charge is -2.46. The zero-order valence-corrected chi connectivity index (χ0v) is 14.0. The van der Waals surface area contributed by atoms with E-state index < -0.39 is 35.2 Å². The van der Waals surface area contributed by atoms with E-state index in [4.69, 9.17) is 4.74 Å². The third kappa shape index (κ3) is 4.64. The number of morpholine rings is 1. The van der Waals surface area contributed by atoms with Gasteiger partial charge in [0.25, 0.3) is 0 Å². The smallest absolute Gasteiger partial charge is 0.379 e. The number of alkyl halides is 6. The standard InChI is InChI=1S/C16H17F6N3O2/c17-15(18,19)10-5-11(16(20,21)22)7-12(6-10)23-14(26)25-8-13(9-25)24-1-3-27-4-2-24/h5-7,13H,1-4,8-9H2,(H,23,26). The number of amides is 2. The van der Waals surface area contributed by atoms with Gasteiger partial charge in [-0.3, -0.25) is 4.90 Å². The van der Waals surface area contributed by atoms with Gasteiger partial charge in [-0.1, -0.05) is 0 Å². The molecule has 2 aliphatic rings. The Labute approximate surface area is 150 Å². The normalized spacial score (nSPS) is 19.7. The number of nitrogens with one attached hydrogen (secondary N) is 1. The maximum atomic E-state index is 12.9. The van der Waals surface area contributed by atoms with Crippen molar-refractivity contribution < 1.29 is 35.9 Å². The van der Waals surface area contributed by atoms with Crippen LogP contribution >= 0.6 is 0 Å². The Morgan fingerprint density at radius 3 is 1.96 bits per heavy atom. The number of hydrogen-bond acceptors (Lipinski definition) is 3. The molecule has 2 heterocycles. The van der Waals surface area contributed by atoms with Gasteiger partial charge in [-0.05, 0) is 18.2 Å². The summed E-state index contributed by atoms with van der Waals surface area (Å²) in [6.07, 6.45) is -9.92. The van der Waals surface area contributed by atoms with Gasteiger partial charge >= 0.3 is 18.4 Å². The molecule has 2 fully saturated rings. The molecule has 3 rings (SSSR count). The van der Waals surface area contributed by atoms with Crippen molar-refractivity contribution in [3.8, 4) is 0 Å². The Kier molecular flexibility index (Phi) is 5.26. The topological polar surface area (TPSA) is 44.8 Å². The molecular weight excluding hydrogens is 380 g/mol. The fraction of sp³-hybridized carbons (Fsp3) is 0.562. The van der Waals surface area contributed by atoms with Crippen LogP contribution < -0.4 is 5.32 Å². The number of nitrogens with zero attached hydrogens (tertiary/aromatic N) is 2. The Balaban J connectivity index is 1.67. The van der Waals surface area contributed by atoms with Crippen LogP contribution in [-0.4, -0.2) is 61.3 Å².